The van der Waals surface area contributed by atoms with Gasteiger partial charge in [-0.05, 0) is 54.8 Å². The van der Waals surface area contributed by atoms with E-state index in [-0.39, 0.29) is 12.4 Å². The van der Waals surface area contributed by atoms with Crippen molar-refractivity contribution in [2.24, 2.45) is 0 Å². The number of anilines is 2. The maximum atomic E-state index is 13.5. The van der Waals surface area contributed by atoms with Gasteiger partial charge in [-0.25, -0.2) is 8.42 Å². The van der Waals surface area contributed by atoms with Crippen molar-refractivity contribution in [1.29, 1.82) is 0 Å². The van der Waals surface area contributed by atoms with Crippen LogP contribution in [0.4, 0.5) is 11.4 Å². The molecule has 2 heterocycles. The monoisotopic (exact) mass is 501 g/mol. The van der Waals surface area contributed by atoms with E-state index in [0.717, 1.165) is 60.4 Å². The second kappa shape index (κ2) is 9.12. The summed E-state index contributed by atoms with van der Waals surface area (Å²) in [5.41, 5.74) is 2.66. The summed E-state index contributed by atoms with van der Waals surface area (Å²) in [5.74, 6) is 0.698. The first-order valence-electron chi connectivity index (χ1n) is 9.45. The van der Waals surface area contributed by atoms with E-state index in [1.54, 1.807) is 29.6 Å². The molecule has 0 atom stereocenters. The Bertz CT molecular complexity index is 981. The van der Waals surface area contributed by atoms with Crippen LogP contribution in [0.1, 0.15) is 12.0 Å². The average molecular weight is 503 g/mol. The highest BCUT2D eigenvalue weighted by Crippen LogP contribution is 2.36. The molecule has 2 aromatic carbocycles. The molecule has 0 radical (unpaired) electrons. The molecule has 158 valence electrons. The maximum Gasteiger partial charge on any atom is 0.264 e. The number of benzene rings is 2. The number of sulfonamides is 1. The number of hydrogen-bond acceptors (Lipinski definition) is 5. The molecule has 0 bridgehead atoms. The van der Waals surface area contributed by atoms with Crippen molar-refractivity contribution >= 4 is 49.7 Å². The fourth-order valence-electron chi connectivity index (χ4n) is 3.89. The third-order valence-corrected chi connectivity index (χ3v) is 7.62. The summed E-state index contributed by atoms with van der Waals surface area (Å²) in [6.07, 6.45) is 1.69. The Hall–Kier alpha value is -1.48. The summed E-state index contributed by atoms with van der Waals surface area (Å²) in [7, 11) is -2.04. The van der Waals surface area contributed by atoms with Crippen molar-refractivity contribution in [3.8, 4) is 5.75 Å². The highest BCUT2D eigenvalue weighted by atomic mass is 79.9. The fourth-order valence-corrected chi connectivity index (χ4v) is 5.86. The first-order chi connectivity index (χ1) is 13.5. The van der Waals surface area contributed by atoms with E-state index in [9.17, 15) is 8.42 Å². The molecular weight excluding hydrogens is 478 g/mol. The molecule has 2 aliphatic rings. The van der Waals surface area contributed by atoms with Crippen LogP contribution in [0, 0.1) is 0 Å². The number of piperazine rings is 1. The second-order valence-electron chi connectivity index (χ2n) is 7.02. The van der Waals surface area contributed by atoms with E-state index in [4.69, 9.17) is 4.74 Å². The Morgan fingerprint density at radius 2 is 1.79 bits per heavy atom. The lowest BCUT2D eigenvalue weighted by Crippen LogP contribution is -2.43. The number of ether oxygens (including phenoxy) is 1. The minimum atomic E-state index is -3.65. The molecule has 4 rings (SSSR count). The lowest BCUT2D eigenvalue weighted by molar-refractivity contribution is 0.412. The number of hydrogen-bond donors (Lipinski definition) is 1. The quantitative estimate of drug-likeness (QED) is 0.694. The number of nitrogens with zero attached hydrogens (tertiary/aromatic N) is 2. The van der Waals surface area contributed by atoms with E-state index in [1.807, 2.05) is 18.2 Å². The first kappa shape index (κ1) is 22.2. The topological polar surface area (TPSA) is 61.9 Å². The Morgan fingerprint density at radius 1 is 1.03 bits per heavy atom. The van der Waals surface area contributed by atoms with Crippen LogP contribution >= 0.6 is 28.3 Å². The Morgan fingerprint density at radius 3 is 2.52 bits per heavy atom. The number of rotatable bonds is 4. The maximum absolute atomic E-state index is 13.5. The number of aryl methyl sites for hydroxylation is 1. The standard InChI is InChI=1S/C20H24BrN3O3S.ClH/c1-27-20-7-5-17(14-19(20)23-11-8-22-9-12-23)28(25,26)24-10-2-3-15-13-16(21)4-6-18(15)24;/h4-7,13-14,22H,2-3,8-12H2,1H3;1H. The molecule has 29 heavy (non-hydrogen) atoms. The van der Waals surface area contributed by atoms with E-state index in [0.29, 0.717) is 17.2 Å². The zero-order valence-electron chi connectivity index (χ0n) is 16.2. The third-order valence-electron chi connectivity index (χ3n) is 5.31. The van der Waals surface area contributed by atoms with Gasteiger partial charge in [0.25, 0.3) is 10.0 Å². The summed E-state index contributed by atoms with van der Waals surface area (Å²) < 4.78 is 35.0. The van der Waals surface area contributed by atoms with Gasteiger partial charge in [0.2, 0.25) is 0 Å². The van der Waals surface area contributed by atoms with Crippen molar-refractivity contribution in [2.75, 3.05) is 49.0 Å². The predicted octanol–water partition coefficient (Wildman–Crippen LogP) is 3.43. The van der Waals surface area contributed by atoms with E-state index >= 15 is 0 Å². The Labute approximate surface area is 186 Å². The zero-order valence-corrected chi connectivity index (χ0v) is 19.4. The number of halogens is 2. The fraction of sp³-hybridized carbons (Fsp3) is 0.400. The van der Waals surface area contributed by atoms with Gasteiger partial charge in [-0.3, -0.25) is 4.31 Å². The van der Waals surface area contributed by atoms with Crippen molar-refractivity contribution in [3.05, 3.63) is 46.4 Å². The zero-order chi connectivity index (χ0) is 19.7. The molecule has 1 saturated heterocycles. The molecule has 9 heteroatoms. The van der Waals surface area contributed by atoms with Crippen LogP contribution in [0.5, 0.6) is 5.75 Å². The molecule has 1 N–H and O–H groups in total. The molecule has 0 unspecified atom stereocenters. The highest BCUT2D eigenvalue weighted by molar-refractivity contribution is 9.10. The average Bonchev–Trinajstić information content (AvgIpc) is 2.73. The van der Waals surface area contributed by atoms with E-state index in [1.165, 1.54) is 0 Å². The molecule has 2 aromatic rings. The first-order valence-corrected chi connectivity index (χ1v) is 11.7. The Balaban J connectivity index is 0.00000240. The lowest BCUT2D eigenvalue weighted by Gasteiger charge is -2.33. The van der Waals surface area contributed by atoms with Crippen LogP contribution in [0.3, 0.4) is 0 Å². The number of nitrogens with one attached hydrogen (secondary N) is 1. The summed E-state index contributed by atoms with van der Waals surface area (Å²) in [6, 6.07) is 11.0. The predicted molar refractivity (Wildman–Crippen MR) is 122 cm³/mol. The molecule has 0 aromatic heterocycles. The van der Waals surface area contributed by atoms with Crippen LogP contribution in [-0.4, -0.2) is 48.3 Å². The molecule has 6 nitrogen and oxygen atoms in total. The van der Waals surface area contributed by atoms with Gasteiger partial charge >= 0.3 is 0 Å². The van der Waals surface area contributed by atoms with Crippen LogP contribution < -0.4 is 19.3 Å². The molecule has 2 aliphatic heterocycles. The van der Waals surface area contributed by atoms with Crippen LogP contribution in [-0.2, 0) is 16.4 Å². The lowest BCUT2D eigenvalue weighted by atomic mass is 10.0. The van der Waals surface area contributed by atoms with Crippen LogP contribution in [0.2, 0.25) is 0 Å². The van der Waals surface area contributed by atoms with Gasteiger partial charge in [0, 0.05) is 37.2 Å². The molecular formula is C20H25BrClN3O3S. The summed E-state index contributed by atoms with van der Waals surface area (Å²) in [6.45, 7) is 3.87. The van der Waals surface area contributed by atoms with E-state index in [2.05, 4.69) is 26.1 Å². The smallest absolute Gasteiger partial charge is 0.264 e. The van der Waals surface area contributed by atoms with Gasteiger partial charge in [0.15, 0.2) is 0 Å². The van der Waals surface area contributed by atoms with Crippen LogP contribution in [0.25, 0.3) is 0 Å². The molecule has 0 amide bonds. The summed E-state index contributed by atoms with van der Waals surface area (Å²) in [5, 5.41) is 3.32. The van der Waals surface area contributed by atoms with Crippen molar-refractivity contribution < 1.29 is 13.2 Å². The summed E-state index contributed by atoms with van der Waals surface area (Å²) in [4.78, 5) is 2.48. The van der Waals surface area contributed by atoms with Crippen LogP contribution in [0.15, 0.2) is 45.8 Å². The van der Waals surface area contributed by atoms with Gasteiger partial charge in [0.05, 0.1) is 23.4 Å². The van der Waals surface area contributed by atoms with Gasteiger partial charge in [0.1, 0.15) is 5.75 Å². The Kier molecular flexibility index (Phi) is 6.98. The minimum Gasteiger partial charge on any atom is -0.495 e. The third kappa shape index (κ3) is 4.35. The molecule has 0 saturated carbocycles. The van der Waals surface area contributed by atoms with Crippen molar-refractivity contribution in [1.82, 2.24) is 5.32 Å². The van der Waals surface area contributed by atoms with Gasteiger partial charge < -0.3 is 15.0 Å². The minimum absolute atomic E-state index is 0. The molecule has 1 fully saturated rings. The highest BCUT2D eigenvalue weighted by Gasteiger charge is 2.30. The van der Waals surface area contributed by atoms with Crippen molar-refractivity contribution in [2.45, 2.75) is 17.7 Å². The number of fused-ring (bicyclic) bond motifs is 1. The molecule has 0 aliphatic carbocycles. The summed E-state index contributed by atoms with van der Waals surface area (Å²) >= 11 is 3.48. The molecule has 0 spiro atoms. The largest absolute Gasteiger partial charge is 0.495 e. The van der Waals surface area contributed by atoms with Gasteiger partial charge in [-0.15, -0.1) is 12.4 Å². The van der Waals surface area contributed by atoms with Gasteiger partial charge in [-0.2, -0.15) is 0 Å². The normalized spacial score (nSPS) is 16.8. The number of methoxy groups -OCH3 is 1. The SMILES string of the molecule is COc1ccc(S(=O)(=O)N2CCCc3cc(Br)ccc32)cc1N1CCNCC1.Cl. The van der Waals surface area contributed by atoms with Crippen molar-refractivity contribution in [3.63, 3.8) is 0 Å². The van der Waals surface area contributed by atoms with E-state index < -0.39 is 10.0 Å². The second-order valence-corrected chi connectivity index (χ2v) is 9.80. The van der Waals surface area contributed by atoms with Gasteiger partial charge in [-0.1, -0.05) is 15.9 Å².